The van der Waals surface area contributed by atoms with E-state index in [0.717, 1.165) is 36.9 Å². The summed E-state index contributed by atoms with van der Waals surface area (Å²) >= 11 is 0. The number of hydrogen-bond acceptors (Lipinski definition) is 3. The first-order valence-corrected chi connectivity index (χ1v) is 7.47. The Kier molecular flexibility index (Phi) is 5.39. The number of aromatic nitrogens is 2. The summed E-state index contributed by atoms with van der Waals surface area (Å²) in [6.45, 7) is 8.14. The fraction of sp³-hybridized carbons (Fsp3) is 0.471. The Bertz CT molecular complexity index is 575. The van der Waals surface area contributed by atoms with Gasteiger partial charge in [0.1, 0.15) is 0 Å². The first-order valence-electron chi connectivity index (χ1n) is 7.47. The van der Waals surface area contributed by atoms with Gasteiger partial charge in [-0.25, -0.2) is 4.98 Å². The minimum absolute atomic E-state index is 0.586. The van der Waals surface area contributed by atoms with Crippen LogP contribution >= 0.6 is 0 Å². The SMILES string of the molecule is COCCc1ccccc1Nc1nc(C)cn1CC(C)C. The van der Waals surface area contributed by atoms with Crippen molar-refractivity contribution in [3.8, 4) is 0 Å². The second-order valence-corrected chi connectivity index (χ2v) is 5.78. The average molecular weight is 287 g/mol. The van der Waals surface area contributed by atoms with Crippen molar-refractivity contribution < 1.29 is 4.74 Å². The van der Waals surface area contributed by atoms with Gasteiger partial charge in [0, 0.05) is 25.5 Å². The molecular formula is C17H25N3O. The van der Waals surface area contributed by atoms with Gasteiger partial charge in [0.15, 0.2) is 0 Å². The second kappa shape index (κ2) is 7.27. The highest BCUT2D eigenvalue weighted by molar-refractivity contribution is 5.59. The number of rotatable bonds is 7. The van der Waals surface area contributed by atoms with E-state index in [1.54, 1.807) is 7.11 Å². The third-order valence-electron chi connectivity index (χ3n) is 3.30. The number of benzene rings is 1. The van der Waals surface area contributed by atoms with Gasteiger partial charge in [-0.2, -0.15) is 0 Å². The van der Waals surface area contributed by atoms with E-state index in [9.17, 15) is 0 Å². The molecule has 0 bridgehead atoms. The minimum Gasteiger partial charge on any atom is -0.384 e. The van der Waals surface area contributed by atoms with E-state index >= 15 is 0 Å². The molecule has 1 heterocycles. The Labute approximate surface area is 127 Å². The van der Waals surface area contributed by atoms with E-state index < -0.39 is 0 Å². The zero-order valence-corrected chi connectivity index (χ0v) is 13.4. The lowest BCUT2D eigenvalue weighted by Crippen LogP contribution is -2.08. The fourth-order valence-electron chi connectivity index (χ4n) is 2.37. The van der Waals surface area contributed by atoms with E-state index in [1.807, 2.05) is 13.0 Å². The molecule has 0 spiro atoms. The van der Waals surface area contributed by atoms with E-state index in [0.29, 0.717) is 5.92 Å². The van der Waals surface area contributed by atoms with E-state index in [-0.39, 0.29) is 0 Å². The molecular weight excluding hydrogens is 262 g/mol. The number of ether oxygens (including phenoxy) is 1. The van der Waals surface area contributed by atoms with E-state index in [2.05, 4.69) is 53.1 Å². The predicted molar refractivity (Wildman–Crippen MR) is 87.1 cm³/mol. The smallest absolute Gasteiger partial charge is 0.207 e. The maximum atomic E-state index is 5.18. The lowest BCUT2D eigenvalue weighted by molar-refractivity contribution is 0.202. The van der Waals surface area contributed by atoms with Crippen LogP contribution in [0.15, 0.2) is 30.5 Å². The topological polar surface area (TPSA) is 39.1 Å². The Morgan fingerprint density at radius 3 is 2.76 bits per heavy atom. The number of anilines is 2. The third kappa shape index (κ3) is 4.33. The molecule has 0 saturated heterocycles. The Morgan fingerprint density at radius 1 is 1.29 bits per heavy atom. The highest BCUT2D eigenvalue weighted by Gasteiger charge is 2.09. The molecule has 21 heavy (non-hydrogen) atoms. The van der Waals surface area contributed by atoms with Crippen molar-refractivity contribution in [2.75, 3.05) is 19.0 Å². The van der Waals surface area contributed by atoms with Crippen molar-refractivity contribution in [2.45, 2.75) is 33.7 Å². The predicted octanol–water partition coefficient (Wildman–Crippen LogP) is 3.78. The van der Waals surface area contributed by atoms with E-state index in [1.165, 1.54) is 5.56 Å². The quantitative estimate of drug-likeness (QED) is 0.842. The van der Waals surface area contributed by atoms with Gasteiger partial charge >= 0.3 is 0 Å². The van der Waals surface area contributed by atoms with Crippen molar-refractivity contribution in [1.29, 1.82) is 0 Å². The first-order chi connectivity index (χ1) is 10.1. The summed E-state index contributed by atoms with van der Waals surface area (Å²) in [6.07, 6.45) is 2.99. The maximum absolute atomic E-state index is 5.18. The Hall–Kier alpha value is -1.81. The number of hydrogen-bond donors (Lipinski definition) is 1. The Morgan fingerprint density at radius 2 is 2.05 bits per heavy atom. The van der Waals surface area contributed by atoms with Crippen LogP contribution < -0.4 is 5.32 Å². The van der Waals surface area contributed by atoms with Gasteiger partial charge in [0.2, 0.25) is 5.95 Å². The number of nitrogens with one attached hydrogen (secondary N) is 1. The molecule has 114 valence electrons. The summed E-state index contributed by atoms with van der Waals surface area (Å²) in [6, 6.07) is 8.32. The zero-order chi connectivity index (χ0) is 15.2. The molecule has 0 aliphatic heterocycles. The number of nitrogens with zero attached hydrogens (tertiary/aromatic N) is 2. The van der Waals surface area contributed by atoms with Crippen LogP contribution in [-0.2, 0) is 17.7 Å². The first kappa shape index (κ1) is 15.6. The zero-order valence-electron chi connectivity index (χ0n) is 13.4. The molecule has 0 aliphatic rings. The van der Waals surface area contributed by atoms with Crippen LogP contribution in [0.3, 0.4) is 0 Å². The van der Waals surface area contributed by atoms with Crippen LogP contribution in [0.1, 0.15) is 25.1 Å². The molecule has 2 aromatic rings. The van der Waals surface area contributed by atoms with Crippen molar-refractivity contribution in [3.05, 3.63) is 41.7 Å². The minimum atomic E-state index is 0.586. The van der Waals surface area contributed by atoms with Gasteiger partial charge in [0.25, 0.3) is 0 Å². The lowest BCUT2D eigenvalue weighted by atomic mass is 10.1. The summed E-state index contributed by atoms with van der Waals surface area (Å²) < 4.78 is 7.37. The fourth-order valence-corrected chi connectivity index (χ4v) is 2.37. The molecule has 0 fully saturated rings. The van der Waals surface area contributed by atoms with Gasteiger partial charge in [-0.05, 0) is 30.9 Å². The summed E-state index contributed by atoms with van der Waals surface area (Å²) in [5.74, 6) is 1.49. The maximum Gasteiger partial charge on any atom is 0.207 e. The molecule has 0 amide bonds. The van der Waals surface area contributed by atoms with Gasteiger partial charge in [-0.15, -0.1) is 0 Å². The van der Waals surface area contributed by atoms with Crippen LogP contribution in [0.5, 0.6) is 0 Å². The molecule has 2 rings (SSSR count). The average Bonchev–Trinajstić information content (AvgIpc) is 2.77. The summed E-state index contributed by atoms with van der Waals surface area (Å²) in [7, 11) is 1.73. The monoisotopic (exact) mass is 287 g/mol. The van der Waals surface area contributed by atoms with Gasteiger partial charge in [0.05, 0.1) is 12.3 Å². The summed E-state index contributed by atoms with van der Waals surface area (Å²) in [5, 5.41) is 3.47. The number of para-hydroxylation sites is 1. The highest BCUT2D eigenvalue weighted by atomic mass is 16.5. The molecule has 1 aromatic heterocycles. The van der Waals surface area contributed by atoms with Gasteiger partial charge in [-0.3, -0.25) is 0 Å². The van der Waals surface area contributed by atoms with Crippen molar-refractivity contribution in [1.82, 2.24) is 9.55 Å². The van der Waals surface area contributed by atoms with Crippen LogP contribution in [0.25, 0.3) is 0 Å². The lowest BCUT2D eigenvalue weighted by Gasteiger charge is -2.14. The largest absolute Gasteiger partial charge is 0.384 e. The van der Waals surface area contributed by atoms with Crippen molar-refractivity contribution >= 4 is 11.6 Å². The van der Waals surface area contributed by atoms with Gasteiger partial charge in [-0.1, -0.05) is 32.0 Å². The molecule has 0 atom stereocenters. The molecule has 4 heteroatoms. The highest BCUT2D eigenvalue weighted by Crippen LogP contribution is 2.22. The summed E-state index contributed by atoms with van der Waals surface area (Å²) in [4.78, 5) is 4.60. The van der Waals surface area contributed by atoms with Crippen LogP contribution in [0, 0.1) is 12.8 Å². The second-order valence-electron chi connectivity index (χ2n) is 5.78. The molecule has 0 unspecified atom stereocenters. The molecule has 4 nitrogen and oxygen atoms in total. The molecule has 0 radical (unpaired) electrons. The molecule has 0 aliphatic carbocycles. The number of aryl methyl sites for hydroxylation is 1. The third-order valence-corrected chi connectivity index (χ3v) is 3.30. The normalized spacial score (nSPS) is 11.1. The standard InChI is InChI=1S/C17H25N3O/c1-13(2)11-20-12-14(3)18-17(20)19-16-8-6-5-7-15(16)9-10-21-4/h5-8,12-13H,9-11H2,1-4H3,(H,18,19). The molecule has 0 saturated carbocycles. The number of imidazole rings is 1. The molecule has 1 aromatic carbocycles. The number of methoxy groups -OCH3 is 1. The van der Waals surface area contributed by atoms with E-state index in [4.69, 9.17) is 4.74 Å². The van der Waals surface area contributed by atoms with Gasteiger partial charge < -0.3 is 14.6 Å². The van der Waals surface area contributed by atoms with Crippen LogP contribution in [-0.4, -0.2) is 23.3 Å². The van der Waals surface area contributed by atoms with Crippen LogP contribution in [0.2, 0.25) is 0 Å². The Balaban J connectivity index is 2.21. The van der Waals surface area contributed by atoms with Crippen molar-refractivity contribution in [2.24, 2.45) is 5.92 Å². The van der Waals surface area contributed by atoms with Crippen molar-refractivity contribution in [3.63, 3.8) is 0 Å². The summed E-state index contributed by atoms with van der Waals surface area (Å²) in [5.41, 5.74) is 3.38. The molecule has 1 N–H and O–H groups in total. The van der Waals surface area contributed by atoms with Crippen LogP contribution in [0.4, 0.5) is 11.6 Å².